The van der Waals surface area contributed by atoms with Crippen molar-refractivity contribution in [3.63, 3.8) is 0 Å². The van der Waals surface area contributed by atoms with E-state index >= 15 is 0 Å². The van der Waals surface area contributed by atoms with Crippen LogP contribution in [-0.4, -0.2) is 45.1 Å². The molecule has 0 bridgehead atoms. The van der Waals surface area contributed by atoms with E-state index in [2.05, 4.69) is 0 Å². The Kier molecular flexibility index (Phi) is 4.61. The molecular formula is C10H18N2O3S. The van der Waals surface area contributed by atoms with Crippen LogP contribution in [0, 0.1) is 0 Å². The molecule has 3 atom stereocenters. The minimum atomic E-state index is -0.944. The van der Waals surface area contributed by atoms with Crippen LogP contribution in [0.5, 0.6) is 0 Å². The second-order valence-electron chi connectivity index (χ2n) is 3.96. The van der Waals surface area contributed by atoms with Crippen molar-refractivity contribution in [2.24, 2.45) is 5.73 Å². The van der Waals surface area contributed by atoms with Crippen LogP contribution in [0.1, 0.15) is 26.7 Å². The van der Waals surface area contributed by atoms with Crippen LogP contribution in [0.4, 0.5) is 0 Å². The number of carboxylic acids is 1. The van der Waals surface area contributed by atoms with Crippen LogP contribution in [0.3, 0.4) is 0 Å². The van der Waals surface area contributed by atoms with Gasteiger partial charge in [-0.3, -0.25) is 4.79 Å². The molecule has 16 heavy (non-hydrogen) atoms. The average Bonchev–Trinajstić information content (AvgIpc) is 2.61. The van der Waals surface area contributed by atoms with E-state index in [1.54, 1.807) is 6.92 Å². The Morgan fingerprint density at radius 3 is 2.69 bits per heavy atom. The first-order valence-corrected chi connectivity index (χ1v) is 6.46. The van der Waals surface area contributed by atoms with Gasteiger partial charge in [-0.25, -0.2) is 4.79 Å². The number of rotatable bonds is 4. The van der Waals surface area contributed by atoms with Crippen molar-refractivity contribution >= 4 is 23.6 Å². The van der Waals surface area contributed by atoms with Crippen molar-refractivity contribution in [1.82, 2.24) is 4.90 Å². The first-order valence-electron chi connectivity index (χ1n) is 5.41. The first kappa shape index (κ1) is 13.3. The van der Waals surface area contributed by atoms with E-state index < -0.39 is 18.1 Å². The molecule has 1 rings (SSSR count). The highest BCUT2D eigenvalue weighted by atomic mass is 32.2. The van der Waals surface area contributed by atoms with Crippen molar-refractivity contribution in [1.29, 1.82) is 0 Å². The van der Waals surface area contributed by atoms with Crippen LogP contribution < -0.4 is 5.73 Å². The number of carbonyl (C=O) groups excluding carboxylic acids is 1. The smallest absolute Gasteiger partial charge is 0.327 e. The van der Waals surface area contributed by atoms with Crippen LogP contribution in [-0.2, 0) is 9.59 Å². The monoisotopic (exact) mass is 246 g/mol. The van der Waals surface area contributed by atoms with E-state index in [0.717, 1.165) is 12.8 Å². The number of thioether (sulfide) groups is 1. The van der Waals surface area contributed by atoms with Crippen molar-refractivity contribution < 1.29 is 14.7 Å². The van der Waals surface area contributed by atoms with Crippen molar-refractivity contribution in [3.05, 3.63) is 0 Å². The molecule has 1 saturated heterocycles. The van der Waals surface area contributed by atoms with Crippen LogP contribution >= 0.6 is 11.8 Å². The van der Waals surface area contributed by atoms with Gasteiger partial charge in [-0.2, -0.15) is 0 Å². The van der Waals surface area contributed by atoms with E-state index in [-0.39, 0.29) is 11.3 Å². The molecule has 1 aliphatic heterocycles. The molecule has 0 aromatic carbocycles. The molecule has 1 fully saturated rings. The third-order valence-electron chi connectivity index (χ3n) is 2.56. The number of amides is 1. The predicted octanol–water partition coefficient (Wildman–Crippen LogP) is 0.488. The maximum atomic E-state index is 11.9. The summed E-state index contributed by atoms with van der Waals surface area (Å²) in [7, 11) is 0. The molecule has 0 spiro atoms. The van der Waals surface area contributed by atoms with Gasteiger partial charge in [0.05, 0.1) is 11.4 Å². The highest BCUT2D eigenvalue weighted by Crippen LogP contribution is 2.32. The summed E-state index contributed by atoms with van der Waals surface area (Å²) in [6.07, 6.45) is 1.74. The Hall–Kier alpha value is -0.750. The Bertz CT molecular complexity index is 283. The van der Waals surface area contributed by atoms with E-state index in [9.17, 15) is 9.59 Å². The summed E-state index contributed by atoms with van der Waals surface area (Å²) in [5.74, 6) is -0.755. The summed E-state index contributed by atoms with van der Waals surface area (Å²) >= 11 is 1.53. The summed E-state index contributed by atoms with van der Waals surface area (Å²) < 4.78 is 0. The Balaban J connectivity index is 2.84. The summed E-state index contributed by atoms with van der Waals surface area (Å²) in [4.78, 5) is 24.4. The third kappa shape index (κ3) is 2.68. The van der Waals surface area contributed by atoms with Gasteiger partial charge in [-0.05, 0) is 13.3 Å². The van der Waals surface area contributed by atoms with Crippen molar-refractivity contribution in [2.75, 3.05) is 5.75 Å². The first-order chi connectivity index (χ1) is 7.49. The predicted molar refractivity (Wildman–Crippen MR) is 63.1 cm³/mol. The molecule has 1 heterocycles. The zero-order valence-corrected chi connectivity index (χ0v) is 10.4. The molecule has 1 amide bonds. The summed E-state index contributed by atoms with van der Waals surface area (Å²) in [5.41, 5.74) is 5.54. The number of carbonyl (C=O) groups is 2. The van der Waals surface area contributed by atoms with Gasteiger partial charge in [-0.15, -0.1) is 11.8 Å². The van der Waals surface area contributed by atoms with Crippen LogP contribution in [0.2, 0.25) is 0 Å². The lowest BCUT2D eigenvalue weighted by atomic mass is 10.2. The van der Waals surface area contributed by atoms with Gasteiger partial charge in [-0.1, -0.05) is 13.3 Å². The minimum Gasteiger partial charge on any atom is -0.480 e. The van der Waals surface area contributed by atoms with E-state index in [1.807, 2.05) is 6.92 Å². The highest BCUT2D eigenvalue weighted by molar-refractivity contribution is 8.00. The van der Waals surface area contributed by atoms with Gasteiger partial charge in [0.15, 0.2) is 0 Å². The fourth-order valence-corrected chi connectivity index (χ4v) is 3.28. The third-order valence-corrected chi connectivity index (χ3v) is 3.91. The van der Waals surface area contributed by atoms with Gasteiger partial charge < -0.3 is 15.7 Å². The number of hydrogen-bond acceptors (Lipinski definition) is 4. The maximum Gasteiger partial charge on any atom is 0.327 e. The molecule has 0 aliphatic carbocycles. The number of carboxylic acid groups (broad SMARTS) is 1. The highest BCUT2D eigenvalue weighted by Gasteiger charge is 2.41. The lowest BCUT2D eigenvalue weighted by Crippen LogP contribution is -2.51. The molecule has 6 heteroatoms. The second-order valence-corrected chi connectivity index (χ2v) is 5.18. The van der Waals surface area contributed by atoms with Gasteiger partial charge in [0, 0.05) is 5.75 Å². The van der Waals surface area contributed by atoms with E-state index in [1.165, 1.54) is 16.7 Å². The average molecular weight is 246 g/mol. The topological polar surface area (TPSA) is 83.6 Å². The molecule has 0 radical (unpaired) electrons. The van der Waals surface area contributed by atoms with Gasteiger partial charge in [0.1, 0.15) is 6.04 Å². The maximum absolute atomic E-state index is 11.9. The van der Waals surface area contributed by atoms with Crippen molar-refractivity contribution in [2.45, 2.75) is 44.1 Å². The fourth-order valence-electron chi connectivity index (χ4n) is 1.75. The lowest BCUT2D eigenvalue weighted by Gasteiger charge is -2.28. The molecular weight excluding hydrogens is 228 g/mol. The SMILES string of the molecule is CCCC1SCC(C(=O)O)N1C(=O)C(C)N. The van der Waals surface area contributed by atoms with Crippen LogP contribution in [0.25, 0.3) is 0 Å². The fraction of sp³-hybridized carbons (Fsp3) is 0.800. The minimum absolute atomic E-state index is 0.0374. The molecule has 92 valence electrons. The Morgan fingerprint density at radius 2 is 2.25 bits per heavy atom. The molecule has 3 unspecified atom stereocenters. The zero-order valence-electron chi connectivity index (χ0n) is 9.55. The van der Waals surface area contributed by atoms with Gasteiger partial charge >= 0.3 is 5.97 Å². The number of aliphatic carboxylic acids is 1. The quantitative estimate of drug-likeness (QED) is 0.754. The molecule has 0 aromatic rings. The number of hydrogen-bond donors (Lipinski definition) is 2. The van der Waals surface area contributed by atoms with E-state index in [0.29, 0.717) is 5.75 Å². The van der Waals surface area contributed by atoms with Gasteiger partial charge in [0.25, 0.3) is 0 Å². The molecule has 5 nitrogen and oxygen atoms in total. The summed E-state index contributed by atoms with van der Waals surface area (Å²) in [5, 5.41) is 9.01. The van der Waals surface area contributed by atoms with E-state index in [4.69, 9.17) is 10.8 Å². The number of nitrogens with zero attached hydrogens (tertiary/aromatic N) is 1. The largest absolute Gasteiger partial charge is 0.480 e. The Labute approximate surface area is 99.4 Å². The van der Waals surface area contributed by atoms with Crippen molar-refractivity contribution in [3.8, 4) is 0 Å². The molecule has 3 N–H and O–H groups in total. The zero-order chi connectivity index (χ0) is 12.3. The van der Waals surface area contributed by atoms with Crippen LogP contribution in [0.15, 0.2) is 0 Å². The summed E-state index contributed by atoms with van der Waals surface area (Å²) in [6.45, 7) is 3.61. The normalized spacial score (nSPS) is 26.8. The molecule has 1 aliphatic rings. The Morgan fingerprint density at radius 1 is 1.62 bits per heavy atom. The summed E-state index contributed by atoms with van der Waals surface area (Å²) in [6, 6.07) is -1.36. The number of nitrogens with two attached hydrogens (primary N) is 1. The van der Waals surface area contributed by atoms with Gasteiger partial charge in [0.2, 0.25) is 5.91 Å². The standard InChI is InChI=1S/C10H18N2O3S/c1-3-4-8-12(9(13)6(2)11)7(5-16-8)10(14)15/h6-8H,3-5,11H2,1-2H3,(H,14,15). The second kappa shape index (κ2) is 5.54. The lowest BCUT2D eigenvalue weighted by molar-refractivity contribution is -0.149. The molecule has 0 aromatic heterocycles. The molecule has 0 saturated carbocycles.